The molecule has 146 valence electrons. The molecule has 1 unspecified atom stereocenters. The van der Waals surface area contributed by atoms with E-state index in [0.29, 0.717) is 18.0 Å². The van der Waals surface area contributed by atoms with Crippen LogP contribution in [0.4, 0.5) is 10.1 Å². The van der Waals surface area contributed by atoms with Crippen molar-refractivity contribution in [2.24, 2.45) is 0 Å². The van der Waals surface area contributed by atoms with Crippen molar-refractivity contribution in [1.82, 2.24) is 20.3 Å². The first kappa shape index (κ1) is 19.9. The molecule has 1 saturated heterocycles. The first-order valence-electron chi connectivity index (χ1n) is 8.61. The number of nitrogens with zero attached hydrogens (tertiary/aromatic N) is 3. The van der Waals surface area contributed by atoms with E-state index in [1.54, 1.807) is 12.1 Å². The Morgan fingerprint density at radius 2 is 2.07 bits per heavy atom. The number of benzene rings is 2. The van der Waals surface area contributed by atoms with Crippen LogP contribution in [0.25, 0.3) is 5.69 Å². The van der Waals surface area contributed by atoms with Crippen LogP contribution in [0.1, 0.15) is 22.2 Å². The number of halogens is 2. The zero-order chi connectivity index (χ0) is 18.6. The highest BCUT2D eigenvalue weighted by Gasteiger charge is 2.16. The van der Waals surface area contributed by atoms with Gasteiger partial charge in [-0.05, 0) is 35.9 Å². The standard InChI is InChI=1S/C19H18FN5O2.ClH/c20-14-2-1-3-16(10-14)25-12-17(23-24-25)19(26)22-15-6-4-13(5-7-15)18-11-21-8-9-27-18;/h1-7,10,12,18,21H,8-9,11H2,(H,22,26);1H. The van der Waals surface area contributed by atoms with Crippen LogP contribution in [0.3, 0.4) is 0 Å². The van der Waals surface area contributed by atoms with Gasteiger partial charge in [-0.15, -0.1) is 17.5 Å². The minimum atomic E-state index is -0.388. The average Bonchev–Trinajstić information content (AvgIpc) is 3.20. The molecule has 1 aliphatic heterocycles. The molecule has 2 aromatic carbocycles. The molecule has 1 amide bonds. The Balaban J connectivity index is 0.00000225. The van der Waals surface area contributed by atoms with E-state index >= 15 is 0 Å². The van der Waals surface area contributed by atoms with Crippen LogP contribution < -0.4 is 10.6 Å². The molecule has 28 heavy (non-hydrogen) atoms. The van der Waals surface area contributed by atoms with Gasteiger partial charge in [0.1, 0.15) is 5.82 Å². The van der Waals surface area contributed by atoms with E-state index in [-0.39, 0.29) is 35.9 Å². The number of anilines is 1. The summed E-state index contributed by atoms with van der Waals surface area (Å²) in [5.74, 6) is -0.771. The van der Waals surface area contributed by atoms with Crippen molar-refractivity contribution in [2.45, 2.75) is 6.10 Å². The van der Waals surface area contributed by atoms with Crippen molar-refractivity contribution < 1.29 is 13.9 Å². The first-order chi connectivity index (χ1) is 13.2. The summed E-state index contributed by atoms with van der Waals surface area (Å²) in [4.78, 5) is 12.4. The second kappa shape index (κ2) is 8.92. The van der Waals surface area contributed by atoms with Gasteiger partial charge in [0.05, 0.1) is 24.6 Å². The first-order valence-corrected chi connectivity index (χ1v) is 8.61. The number of morpholine rings is 1. The van der Waals surface area contributed by atoms with E-state index < -0.39 is 0 Å². The molecule has 1 atom stereocenters. The van der Waals surface area contributed by atoms with Crippen LogP contribution in [0.5, 0.6) is 0 Å². The van der Waals surface area contributed by atoms with Gasteiger partial charge < -0.3 is 15.4 Å². The summed E-state index contributed by atoms with van der Waals surface area (Å²) >= 11 is 0. The topological polar surface area (TPSA) is 81.1 Å². The van der Waals surface area contributed by atoms with Crippen molar-refractivity contribution in [3.63, 3.8) is 0 Å². The molecule has 0 bridgehead atoms. The molecule has 1 aromatic heterocycles. The Kier molecular flexibility index (Phi) is 6.35. The largest absolute Gasteiger partial charge is 0.371 e. The molecule has 4 rings (SSSR count). The van der Waals surface area contributed by atoms with Gasteiger partial charge in [-0.25, -0.2) is 9.07 Å². The maximum Gasteiger partial charge on any atom is 0.277 e. The minimum absolute atomic E-state index is 0. The number of carbonyl (C=O) groups excluding carboxylic acids is 1. The fourth-order valence-corrected chi connectivity index (χ4v) is 2.87. The molecule has 0 aliphatic carbocycles. The summed E-state index contributed by atoms with van der Waals surface area (Å²) < 4.78 is 20.4. The van der Waals surface area contributed by atoms with Gasteiger partial charge in [0, 0.05) is 18.8 Å². The van der Waals surface area contributed by atoms with Crippen LogP contribution in [0, 0.1) is 5.82 Å². The molecule has 9 heteroatoms. The SMILES string of the molecule is Cl.O=C(Nc1ccc(C2CNCCO2)cc1)c1cn(-c2cccc(F)c2)nn1. The molecule has 1 fully saturated rings. The van der Waals surface area contributed by atoms with E-state index in [2.05, 4.69) is 20.9 Å². The number of aromatic nitrogens is 3. The molecule has 2 heterocycles. The number of nitrogens with one attached hydrogen (secondary N) is 2. The Morgan fingerprint density at radius 1 is 1.25 bits per heavy atom. The zero-order valence-corrected chi connectivity index (χ0v) is 15.7. The summed E-state index contributed by atoms with van der Waals surface area (Å²) in [6.07, 6.45) is 1.48. The summed E-state index contributed by atoms with van der Waals surface area (Å²) in [7, 11) is 0. The van der Waals surface area contributed by atoms with Crippen LogP contribution >= 0.6 is 12.4 Å². The zero-order valence-electron chi connectivity index (χ0n) is 14.8. The lowest BCUT2D eigenvalue weighted by Gasteiger charge is -2.24. The third kappa shape index (κ3) is 4.53. The quantitative estimate of drug-likeness (QED) is 0.700. The number of ether oxygens (including phenoxy) is 1. The lowest BCUT2D eigenvalue weighted by molar-refractivity contribution is 0.0277. The Morgan fingerprint density at radius 3 is 2.79 bits per heavy atom. The average molecular weight is 404 g/mol. The maximum absolute atomic E-state index is 13.3. The Bertz CT molecular complexity index is 942. The van der Waals surface area contributed by atoms with Gasteiger partial charge in [0.25, 0.3) is 5.91 Å². The monoisotopic (exact) mass is 403 g/mol. The van der Waals surface area contributed by atoms with E-state index in [1.165, 1.54) is 23.0 Å². The molecular formula is C19H19ClFN5O2. The lowest BCUT2D eigenvalue weighted by atomic mass is 10.1. The molecule has 3 aromatic rings. The Hall–Kier alpha value is -2.81. The van der Waals surface area contributed by atoms with Crippen molar-refractivity contribution in [3.8, 4) is 5.69 Å². The second-order valence-electron chi connectivity index (χ2n) is 6.17. The van der Waals surface area contributed by atoms with Crippen LogP contribution in [-0.4, -0.2) is 40.6 Å². The number of amides is 1. The Labute approximate surface area is 167 Å². The van der Waals surface area contributed by atoms with Crippen molar-refractivity contribution in [2.75, 3.05) is 25.0 Å². The van der Waals surface area contributed by atoms with E-state index in [4.69, 9.17) is 4.74 Å². The van der Waals surface area contributed by atoms with Crippen molar-refractivity contribution in [1.29, 1.82) is 0 Å². The van der Waals surface area contributed by atoms with Gasteiger partial charge in [-0.3, -0.25) is 4.79 Å². The van der Waals surface area contributed by atoms with Crippen molar-refractivity contribution in [3.05, 3.63) is 71.8 Å². The van der Waals surface area contributed by atoms with E-state index in [0.717, 1.165) is 18.7 Å². The highest BCUT2D eigenvalue weighted by Crippen LogP contribution is 2.21. The molecule has 0 radical (unpaired) electrons. The number of hydrogen-bond acceptors (Lipinski definition) is 5. The third-order valence-corrected chi connectivity index (χ3v) is 4.27. The summed E-state index contributed by atoms with van der Waals surface area (Å²) in [6, 6.07) is 13.4. The number of hydrogen-bond donors (Lipinski definition) is 2. The predicted octanol–water partition coefficient (Wildman–Crippen LogP) is 2.74. The third-order valence-electron chi connectivity index (χ3n) is 4.27. The highest BCUT2D eigenvalue weighted by atomic mass is 35.5. The minimum Gasteiger partial charge on any atom is -0.371 e. The predicted molar refractivity (Wildman–Crippen MR) is 105 cm³/mol. The number of carbonyl (C=O) groups is 1. The summed E-state index contributed by atoms with van der Waals surface area (Å²) in [6.45, 7) is 2.32. The normalized spacial score (nSPS) is 16.2. The molecule has 0 spiro atoms. The van der Waals surface area contributed by atoms with Gasteiger partial charge >= 0.3 is 0 Å². The van der Waals surface area contributed by atoms with Gasteiger partial charge in [0.15, 0.2) is 5.69 Å². The smallest absolute Gasteiger partial charge is 0.277 e. The second-order valence-corrected chi connectivity index (χ2v) is 6.17. The summed E-state index contributed by atoms with van der Waals surface area (Å²) in [5.41, 5.74) is 2.33. The van der Waals surface area contributed by atoms with Crippen LogP contribution in [0.15, 0.2) is 54.7 Å². The molecule has 1 aliphatic rings. The molecular weight excluding hydrogens is 385 g/mol. The lowest BCUT2D eigenvalue weighted by Crippen LogP contribution is -2.33. The maximum atomic E-state index is 13.3. The highest BCUT2D eigenvalue weighted by molar-refractivity contribution is 6.02. The fourth-order valence-electron chi connectivity index (χ4n) is 2.87. The molecule has 7 nitrogen and oxygen atoms in total. The number of rotatable bonds is 4. The summed E-state index contributed by atoms with van der Waals surface area (Å²) in [5, 5.41) is 13.8. The molecule has 0 saturated carbocycles. The van der Waals surface area contributed by atoms with E-state index in [9.17, 15) is 9.18 Å². The van der Waals surface area contributed by atoms with Gasteiger partial charge in [0.2, 0.25) is 0 Å². The van der Waals surface area contributed by atoms with Gasteiger partial charge in [-0.2, -0.15) is 0 Å². The van der Waals surface area contributed by atoms with Gasteiger partial charge in [-0.1, -0.05) is 23.4 Å². The van der Waals surface area contributed by atoms with Crippen LogP contribution in [0.2, 0.25) is 0 Å². The fraction of sp³-hybridized carbons (Fsp3) is 0.211. The van der Waals surface area contributed by atoms with E-state index in [1.807, 2.05) is 24.3 Å². The van der Waals surface area contributed by atoms with Crippen molar-refractivity contribution >= 4 is 24.0 Å². The van der Waals surface area contributed by atoms with Crippen LogP contribution in [-0.2, 0) is 4.74 Å². The molecule has 2 N–H and O–H groups in total.